The summed E-state index contributed by atoms with van der Waals surface area (Å²) in [5.41, 5.74) is 1.71. The Bertz CT molecular complexity index is 875. The van der Waals surface area contributed by atoms with E-state index in [0.29, 0.717) is 31.1 Å². The van der Waals surface area contributed by atoms with E-state index in [1.54, 1.807) is 4.90 Å². The molecule has 31 heavy (non-hydrogen) atoms. The molecule has 1 aromatic heterocycles. The van der Waals surface area contributed by atoms with Gasteiger partial charge in [-0.15, -0.1) is 0 Å². The number of hydrogen-bond acceptors (Lipinski definition) is 3. The molecule has 168 valence electrons. The zero-order chi connectivity index (χ0) is 22.2. The van der Waals surface area contributed by atoms with Crippen LogP contribution in [0, 0.1) is 0 Å². The molecule has 1 saturated carbocycles. The maximum Gasteiger partial charge on any atom is 0.322 e. The first-order valence-corrected chi connectivity index (χ1v) is 11.2. The molecule has 1 aliphatic carbocycles. The Morgan fingerprint density at radius 3 is 2.58 bits per heavy atom. The lowest BCUT2D eigenvalue weighted by Gasteiger charge is -2.28. The molecule has 3 amide bonds. The van der Waals surface area contributed by atoms with Gasteiger partial charge in [-0.05, 0) is 50.5 Å². The number of carbonyl (C=O) groups is 2. The lowest BCUT2D eigenvalue weighted by molar-refractivity contribution is -0.133. The van der Waals surface area contributed by atoms with E-state index >= 15 is 0 Å². The summed E-state index contributed by atoms with van der Waals surface area (Å²) >= 11 is 0. The van der Waals surface area contributed by atoms with Crippen LogP contribution in [-0.2, 0) is 18.4 Å². The van der Waals surface area contributed by atoms with Gasteiger partial charge in [0.25, 0.3) is 0 Å². The van der Waals surface area contributed by atoms with Crippen LogP contribution < -0.4 is 10.1 Å². The predicted octanol–water partition coefficient (Wildman–Crippen LogP) is 4.25. The first-order chi connectivity index (χ1) is 15.0. The Balaban J connectivity index is 1.70. The Hall–Kier alpha value is -2.96. The molecular weight excluding hydrogens is 392 g/mol. The predicted molar refractivity (Wildman–Crippen MR) is 122 cm³/mol. The summed E-state index contributed by atoms with van der Waals surface area (Å²) in [5.74, 6) is 0.622. The van der Waals surface area contributed by atoms with Crippen molar-refractivity contribution in [1.29, 1.82) is 0 Å². The van der Waals surface area contributed by atoms with Crippen LogP contribution in [0.4, 0.5) is 10.5 Å². The van der Waals surface area contributed by atoms with E-state index in [9.17, 15) is 9.59 Å². The molecule has 0 unspecified atom stereocenters. The molecule has 3 rings (SSSR count). The molecule has 0 atom stereocenters. The third-order valence-electron chi connectivity index (χ3n) is 5.52. The van der Waals surface area contributed by atoms with Crippen molar-refractivity contribution >= 4 is 17.6 Å². The van der Waals surface area contributed by atoms with Crippen molar-refractivity contribution < 1.29 is 14.3 Å². The maximum atomic E-state index is 13.2. The van der Waals surface area contributed by atoms with Gasteiger partial charge >= 0.3 is 6.03 Å². The first kappa shape index (κ1) is 22.7. The van der Waals surface area contributed by atoms with Gasteiger partial charge in [-0.2, -0.15) is 0 Å². The van der Waals surface area contributed by atoms with Gasteiger partial charge in [0, 0.05) is 31.5 Å². The number of unbranched alkanes of at least 4 members (excludes halogenated alkanes) is 1. The van der Waals surface area contributed by atoms with E-state index in [1.165, 1.54) is 0 Å². The van der Waals surface area contributed by atoms with Crippen LogP contribution in [0.5, 0.6) is 5.75 Å². The van der Waals surface area contributed by atoms with Gasteiger partial charge in [0.15, 0.2) is 0 Å². The number of hydrogen-bond donors (Lipinski definition) is 1. The van der Waals surface area contributed by atoms with Gasteiger partial charge in [0.1, 0.15) is 12.3 Å². The summed E-state index contributed by atoms with van der Waals surface area (Å²) in [6, 6.07) is 11.4. The van der Waals surface area contributed by atoms with Crippen LogP contribution in [0.3, 0.4) is 0 Å². The largest absolute Gasteiger partial charge is 0.492 e. The number of ether oxygens (including phenoxy) is 1. The topological polar surface area (TPSA) is 66.8 Å². The lowest BCUT2D eigenvalue weighted by Crippen LogP contribution is -2.45. The van der Waals surface area contributed by atoms with Crippen LogP contribution in [-0.4, -0.2) is 52.0 Å². The average Bonchev–Trinajstić information content (AvgIpc) is 3.52. The van der Waals surface area contributed by atoms with Crippen molar-refractivity contribution in [2.45, 2.75) is 52.1 Å². The van der Waals surface area contributed by atoms with Crippen molar-refractivity contribution in [2.75, 3.05) is 25.0 Å². The molecular formula is C24H34N4O3. The van der Waals surface area contributed by atoms with E-state index in [0.717, 1.165) is 31.4 Å². The Kier molecular flexibility index (Phi) is 7.98. The second-order valence-electron chi connectivity index (χ2n) is 8.00. The monoisotopic (exact) mass is 426 g/mol. The minimum absolute atomic E-state index is 0.00644. The number of para-hydroxylation sites is 2. The molecule has 0 saturated heterocycles. The van der Waals surface area contributed by atoms with Crippen molar-refractivity contribution in [1.82, 2.24) is 14.4 Å². The molecule has 0 radical (unpaired) electrons. The summed E-state index contributed by atoms with van der Waals surface area (Å²) in [7, 11) is 1.99. The standard InChI is InChI=1S/C24H34N4O3/c1-4-6-16-27(24(30)25-21-11-7-8-12-22(21)31-5-2)18-23(29)28(19-13-14-19)17-20-10-9-15-26(20)3/h7-12,15,19H,4-6,13-14,16-18H2,1-3H3,(H,25,30). The number of amides is 3. The number of nitrogens with zero attached hydrogens (tertiary/aromatic N) is 3. The highest BCUT2D eigenvalue weighted by Gasteiger charge is 2.34. The van der Waals surface area contributed by atoms with Crippen LogP contribution in [0.15, 0.2) is 42.6 Å². The number of benzene rings is 1. The molecule has 7 nitrogen and oxygen atoms in total. The Morgan fingerprint density at radius 1 is 1.16 bits per heavy atom. The molecule has 1 aliphatic rings. The van der Waals surface area contributed by atoms with Gasteiger partial charge < -0.3 is 24.4 Å². The second kappa shape index (κ2) is 10.9. The van der Waals surface area contributed by atoms with Crippen molar-refractivity contribution in [3.8, 4) is 5.75 Å². The van der Waals surface area contributed by atoms with Gasteiger partial charge in [-0.25, -0.2) is 4.79 Å². The molecule has 0 aliphatic heterocycles. The quantitative estimate of drug-likeness (QED) is 0.584. The molecule has 0 spiro atoms. The summed E-state index contributed by atoms with van der Waals surface area (Å²) in [4.78, 5) is 29.9. The number of urea groups is 1. The molecule has 2 aromatic rings. The fraction of sp³-hybridized carbons (Fsp3) is 0.500. The van der Waals surface area contributed by atoms with Gasteiger partial charge in [0.2, 0.25) is 5.91 Å². The van der Waals surface area contributed by atoms with Crippen molar-refractivity contribution in [3.63, 3.8) is 0 Å². The molecule has 1 N–H and O–H groups in total. The fourth-order valence-corrected chi connectivity index (χ4v) is 3.54. The van der Waals surface area contributed by atoms with E-state index in [2.05, 4.69) is 12.2 Å². The minimum atomic E-state index is -0.274. The average molecular weight is 427 g/mol. The number of carbonyl (C=O) groups excluding carboxylic acids is 2. The van der Waals surface area contributed by atoms with Gasteiger partial charge in [-0.3, -0.25) is 4.79 Å². The van der Waals surface area contributed by atoms with E-state index in [1.807, 2.05) is 66.0 Å². The number of aryl methyl sites for hydroxylation is 1. The van der Waals surface area contributed by atoms with Crippen LogP contribution in [0.2, 0.25) is 0 Å². The third-order valence-corrected chi connectivity index (χ3v) is 5.52. The highest BCUT2D eigenvalue weighted by molar-refractivity contribution is 5.93. The SMILES string of the molecule is CCCCN(CC(=O)N(Cc1cccn1C)C1CC1)C(=O)Nc1ccccc1OCC. The number of nitrogens with one attached hydrogen (secondary N) is 1. The third kappa shape index (κ3) is 6.26. The summed E-state index contributed by atoms with van der Waals surface area (Å²) in [5, 5.41) is 2.94. The maximum absolute atomic E-state index is 13.2. The Labute approximate surface area is 185 Å². The molecule has 1 aromatic carbocycles. The van der Waals surface area contributed by atoms with Gasteiger partial charge in [0.05, 0.1) is 18.8 Å². The van der Waals surface area contributed by atoms with Crippen molar-refractivity contribution in [2.24, 2.45) is 7.05 Å². The van der Waals surface area contributed by atoms with E-state index in [4.69, 9.17) is 4.74 Å². The molecule has 0 bridgehead atoms. The first-order valence-electron chi connectivity index (χ1n) is 11.2. The van der Waals surface area contributed by atoms with E-state index < -0.39 is 0 Å². The number of anilines is 1. The molecule has 1 fully saturated rings. The van der Waals surface area contributed by atoms with Crippen molar-refractivity contribution in [3.05, 3.63) is 48.3 Å². The summed E-state index contributed by atoms with van der Waals surface area (Å²) in [6.45, 7) is 5.68. The fourth-order valence-electron chi connectivity index (χ4n) is 3.54. The van der Waals surface area contributed by atoms with Crippen LogP contribution in [0.1, 0.15) is 45.2 Å². The summed E-state index contributed by atoms with van der Waals surface area (Å²) < 4.78 is 7.65. The summed E-state index contributed by atoms with van der Waals surface area (Å²) in [6.07, 6.45) is 5.83. The number of aromatic nitrogens is 1. The zero-order valence-electron chi connectivity index (χ0n) is 18.8. The van der Waals surface area contributed by atoms with Crippen LogP contribution in [0.25, 0.3) is 0 Å². The van der Waals surface area contributed by atoms with Gasteiger partial charge in [-0.1, -0.05) is 25.5 Å². The highest BCUT2D eigenvalue weighted by atomic mass is 16.5. The second-order valence-corrected chi connectivity index (χ2v) is 8.00. The molecule has 1 heterocycles. The minimum Gasteiger partial charge on any atom is -0.492 e. The highest BCUT2D eigenvalue weighted by Crippen LogP contribution is 2.29. The lowest BCUT2D eigenvalue weighted by atomic mass is 10.2. The smallest absolute Gasteiger partial charge is 0.322 e. The van der Waals surface area contributed by atoms with E-state index in [-0.39, 0.29) is 24.5 Å². The normalized spacial score (nSPS) is 13.0. The Morgan fingerprint density at radius 2 is 1.94 bits per heavy atom. The number of rotatable bonds is 11. The molecule has 7 heteroatoms. The zero-order valence-corrected chi connectivity index (χ0v) is 18.8. The van der Waals surface area contributed by atoms with Crippen LogP contribution >= 0.6 is 0 Å².